The summed E-state index contributed by atoms with van der Waals surface area (Å²) in [5.74, 6) is 0.595. The van der Waals surface area contributed by atoms with Gasteiger partial charge in [0.25, 0.3) is 5.56 Å². The van der Waals surface area contributed by atoms with Crippen LogP contribution >= 0.6 is 0 Å². The second-order valence-electron chi connectivity index (χ2n) is 8.01. The number of hydrogen-bond donors (Lipinski definition) is 1. The van der Waals surface area contributed by atoms with Gasteiger partial charge in [0.15, 0.2) is 0 Å². The van der Waals surface area contributed by atoms with Gasteiger partial charge in [-0.05, 0) is 55.4 Å². The molecule has 0 aliphatic heterocycles. The Bertz CT molecular complexity index is 1140. The first kappa shape index (κ1) is 20.9. The Morgan fingerprint density at radius 1 is 1.03 bits per heavy atom. The maximum absolute atomic E-state index is 13.1. The zero-order chi connectivity index (χ0) is 21.8. The largest absolute Gasteiger partial charge is 0.496 e. The lowest BCUT2D eigenvalue weighted by molar-refractivity contribution is -0.122. The summed E-state index contributed by atoms with van der Waals surface area (Å²) in [7, 11) is 1.64. The number of methoxy groups -OCH3 is 1. The number of carbonyl (C=O) groups is 1. The van der Waals surface area contributed by atoms with Crippen LogP contribution in [0, 0.1) is 0 Å². The Kier molecular flexibility index (Phi) is 6.21. The fourth-order valence-electron chi connectivity index (χ4n) is 4.44. The fraction of sp³-hybridized carbons (Fsp3) is 0.308. The van der Waals surface area contributed by atoms with Crippen molar-refractivity contribution >= 4 is 5.91 Å². The van der Waals surface area contributed by atoms with E-state index in [1.54, 1.807) is 17.7 Å². The molecule has 1 aliphatic rings. The summed E-state index contributed by atoms with van der Waals surface area (Å²) in [5, 5.41) is 3.02. The first-order valence-electron chi connectivity index (χ1n) is 10.8. The second-order valence-corrected chi connectivity index (χ2v) is 8.01. The highest BCUT2D eigenvalue weighted by molar-refractivity contribution is 5.77. The van der Waals surface area contributed by atoms with Gasteiger partial charge >= 0.3 is 0 Å². The summed E-state index contributed by atoms with van der Waals surface area (Å²) in [4.78, 5) is 25.9. The van der Waals surface area contributed by atoms with Crippen LogP contribution < -0.4 is 15.6 Å². The third-order valence-electron chi connectivity index (χ3n) is 6.00. The van der Waals surface area contributed by atoms with Gasteiger partial charge in [0.1, 0.15) is 12.3 Å². The fourth-order valence-corrected chi connectivity index (χ4v) is 4.44. The van der Waals surface area contributed by atoms with E-state index in [0.29, 0.717) is 0 Å². The third kappa shape index (κ3) is 4.41. The molecule has 2 aromatic carbocycles. The molecule has 0 saturated carbocycles. The molecule has 1 aliphatic carbocycles. The number of carbonyl (C=O) groups excluding carboxylic acids is 1. The maximum Gasteiger partial charge on any atom is 0.251 e. The minimum Gasteiger partial charge on any atom is -0.496 e. The Labute approximate surface area is 182 Å². The minimum absolute atomic E-state index is 0.0323. The van der Waals surface area contributed by atoms with Crippen LogP contribution in [0.3, 0.4) is 0 Å². The number of pyridine rings is 1. The van der Waals surface area contributed by atoms with Gasteiger partial charge in [0.2, 0.25) is 5.91 Å². The standard InChI is InChI=1S/C26H28N2O3/c1-18(19-10-4-3-5-11-19)27-25(29)17-28-23-14-8-6-12-20(23)22(16-26(28)30)21-13-7-9-15-24(21)31-2/h3-5,7,9-11,13,15-16,18H,6,8,12,14,17H2,1-2H3,(H,27,29). The number of aromatic nitrogens is 1. The minimum atomic E-state index is -0.156. The molecule has 31 heavy (non-hydrogen) atoms. The van der Waals surface area contributed by atoms with Crippen molar-refractivity contribution in [1.29, 1.82) is 0 Å². The third-order valence-corrected chi connectivity index (χ3v) is 6.00. The van der Waals surface area contributed by atoms with Crippen LogP contribution in [0.1, 0.15) is 42.6 Å². The van der Waals surface area contributed by atoms with E-state index in [2.05, 4.69) is 5.32 Å². The number of fused-ring (bicyclic) bond motifs is 1. The zero-order valence-corrected chi connectivity index (χ0v) is 18.1. The van der Waals surface area contributed by atoms with E-state index in [1.807, 2.05) is 61.5 Å². The van der Waals surface area contributed by atoms with Crippen molar-refractivity contribution in [1.82, 2.24) is 9.88 Å². The second kappa shape index (κ2) is 9.21. The molecule has 1 amide bonds. The molecule has 4 rings (SSSR count). The number of benzene rings is 2. The van der Waals surface area contributed by atoms with Gasteiger partial charge < -0.3 is 14.6 Å². The molecule has 5 nitrogen and oxygen atoms in total. The molecule has 1 atom stereocenters. The summed E-state index contributed by atoms with van der Waals surface area (Å²) in [5.41, 5.74) is 4.86. The number of amides is 1. The lowest BCUT2D eigenvalue weighted by Crippen LogP contribution is -2.36. The van der Waals surface area contributed by atoms with Crippen molar-refractivity contribution in [2.45, 2.75) is 45.2 Å². The smallest absolute Gasteiger partial charge is 0.251 e. The summed E-state index contributed by atoms with van der Waals surface area (Å²) >= 11 is 0. The van der Waals surface area contributed by atoms with Crippen molar-refractivity contribution < 1.29 is 9.53 Å². The number of ether oxygens (including phenoxy) is 1. The van der Waals surface area contributed by atoms with E-state index in [1.165, 1.54) is 0 Å². The quantitative estimate of drug-likeness (QED) is 0.652. The topological polar surface area (TPSA) is 60.3 Å². The number of rotatable bonds is 6. The molecule has 1 unspecified atom stereocenters. The normalized spacial score (nSPS) is 13.9. The van der Waals surface area contributed by atoms with Crippen LogP contribution in [0.25, 0.3) is 11.1 Å². The first-order valence-corrected chi connectivity index (χ1v) is 10.8. The predicted octanol–water partition coefficient (Wildman–Crippen LogP) is 4.28. The van der Waals surface area contributed by atoms with Crippen LogP contribution in [0.5, 0.6) is 5.75 Å². The highest BCUT2D eigenvalue weighted by atomic mass is 16.5. The first-order chi connectivity index (χ1) is 15.1. The van der Waals surface area contributed by atoms with E-state index in [4.69, 9.17) is 4.74 Å². The summed E-state index contributed by atoms with van der Waals surface area (Å²) in [6, 6.07) is 19.2. The van der Waals surface area contributed by atoms with Crippen molar-refractivity contribution in [2.75, 3.05) is 7.11 Å². The van der Waals surface area contributed by atoms with Crippen molar-refractivity contribution in [3.63, 3.8) is 0 Å². The van der Waals surface area contributed by atoms with Gasteiger partial charge in [0.05, 0.1) is 13.2 Å². The predicted molar refractivity (Wildman–Crippen MR) is 122 cm³/mol. The molecular weight excluding hydrogens is 388 g/mol. The van der Waals surface area contributed by atoms with Crippen molar-refractivity contribution in [2.24, 2.45) is 0 Å². The highest BCUT2D eigenvalue weighted by Gasteiger charge is 2.22. The Hall–Kier alpha value is -3.34. The molecule has 0 spiro atoms. The van der Waals surface area contributed by atoms with Crippen LogP contribution in [0.15, 0.2) is 65.5 Å². The van der Waals surface area contributed by atoms with E-state index < -0.39 is 0 Å². The number of nitrogens with zero attached hydrogens (tertiary/aromatic N) is 1. The average molecular weight is 417 g/mol. The van der Waals surface area contributed by atoms with E-state index in [9.17, 15) is 9.59 Å². The monoisotopic (exact) mass is 416 g/mol. The molecule has 0 radical (unpaired) electrons. The Morgan fingerprint density at radius 3 is 2.52 bits per heavy atom. The number of hydrogen-bond acceptors (Lipinski definition) is 3. The lowest BCUT2D eigenvalue weighted by atomic mass is 9.88. The molecule has 1 aromatic heterocycles. The number of nitrogens with one attached hydrogen (secondary N) is 1. The van der Waals surface area contributed by atoms with Gasteiger partial charge in [-0.2, -0.15) is 0 Å². The van der Waals surface area contributed by atoms with Gasteiger partial charge in [-0.1, -0.05) is 48.5 Å². The van der Waals surface area contributed by atoms with Gasteiger partial charge in [0, 0.05) is 17.3 Å². The SMILES string of the molecule is COc1ccccc1-c1cc(=O)n(CC(=O)NC(C)c2ccccc2)c2c1CCCC2. The summed E-state index contributed by atoms with van der Waals surface area (Å²) in [6.45, 7) is 1.99. The van der Waals surface area contributed by atoms with Crippen molar-refractivity contribution in [3.8, 4) is 16.9 Å². The van der Waals surface area contributed by atoms with E-state index in [-0.39, 0.29) is 24.1 Å². The summed E-state index contributed by atoms with van der Waals surface area (Å²) < 4.78 is 7.19. The molecule has 1 N–H and O–H groups in total. The molecule has 0 saturated heterocycles. The van der Waals surface area contributed by atoms with E-state index in [0.717, 1.165) is 59.4 Å². The number of para-hydroxylation sites is 1. The van der Waals surface area contributed by atoms with Crippen molar-refractivity contribution in [3.05, 3.63) is 87.8 Å². The zero-order valence-electron chi connectivity index (χ0n) is 18.1. The average Bonchev–Trinajstić information content (AvgIpc) is 2.81. The van der Waals surface area contributed by atoms with E-state index >= 15 is 0 Å². The van der Waals surface area contributed by atoms with Crippen LogP contribution in [-0.2, 0) is 24.2 Å². The highest BCUT2D eigenvalue weighted by Crippen LogP contribution is 2.35. The Morgan fingerprint density at radius 2 is 1.74 bits per heavy atom. The van der Waals surface area contributed by atoms with Gasteiger partial charge in [-0.25, -0.2) is 0 Å². The van der Waals surface area contributed by atoms with Crippen LogP contribution in [0.2, 0.25) is 0 Å². The lowest BCUT2D eigenvalue weighted by Gasteiger charge is -2.25. The molecule has 1 heterocycles. The molecule has 5 heteroatoms. The Balaban J connectivity index is 1.66. The molecule has 0 bridgehead atoms. The van der Waals surface area contributed by atoms with Crippen LogP contribution in [0.4, 0.5) is 0 Å². The van der Waals surface area contributed by atoms with Crippen LogP contribution in [-0.4, -0.2) is 17.6 Å². The molecular formula is C26H28N2O3. The summed E-state index contributed by atoms with van der Waals surface area (Å²) in [6.07, 6.45) is 3.79. The maximum atomic E-state index is 13.1. The molecule has 3 aromatic rings. The van der Waals surface area contributed by atoms with Gasteiger partial charge in [-0.3, -0.25) is 9.59 Å². The molecule has 0 fully saturated rings. The molecule has 160 valence electrons. The van der Waals surface area contributed by atoms with Gasteiger partial charge in [-0.15, -0.1) is 0 Å².